The molecule has 7 nitrogen and oxygen atoms in total. The standard InChI is InChI=1S/C25H21F3N4O3/c1-24(35,23(34)31-21-10-9-19(13-29)22(12-21)25(26,27)28)16-32-15-20(14-30-32)18-7-5-17(6-8-18)4-2-3-11-33/h5-10,12,14-15,33,35H,3,11,16H2,1H3,(H,31,34)/t24-/m0/s1. The normalized spacial score (nSPS) is 12.7. The molecule has 3 N–H and O–H groups in total. The van der Waals surface area contributed by atoms with Crippen molar-refractivity contribution in [3.05, 3.63) is 71.5 Å². The average Bonchev–Trinajstić information content (AvgIpc) is 3.26. The number of halogens is 3. The van der Waals surface area contributed by atoms with Crippen LogP contribution in [-0.4, -0.2) is 38.1 Å². The molecule has 0 bridgehead atoms. The molecule has 180 valence electrons. The summed E-state index contributed by atoms with van der Waals surface area (Å²) in [6, 6.07) is 11.5. The second-order valence-corrected chi connectivity index (χ2v) is 7.88. The Balaban J connectivity index is 1.71. The summed E-state index contributed by atoms with van der Waals surface area (Å²) in [6.07, 6.45) is -1.21. The zero-order valence-corrected chi connectivity index (χ0v) is 18.6. The molecule has 0 saturated heterocycles. The van der Waals surface area contributed by atoms with Crippen molar-refractivity contribution >= 4 is 11.6 Å². The highest BCUT2D eigenvalue weighted by atomic mass is 19.4. The van der Waals surface area contributed by atoms with E-state index >= 15 is 0 Å². The molecule has 0 aliphatic heterocycles. The summed E-state index contributed by atoms with van der Waals surface area (Å²) in [7, 11) is 0. The van der Waals surface area contributed by atoms with Gasteiger partial charge in [0, 0.05) is 29.4 Å². The number of hydrogen-bond donors (Lipinski definition) is 3. The molecule has 2 aromatic carbocycles. The minimum atomic E-state index is -4.77. The number of hydrogen-bond acceptors (Lipinski definition) is 5. The van der Waals surface area contributed by atoms with Crippen LogP contribution >= 0.6 is 0 Å². The molecule has 35 heavy (non-hydrogen) atoms. The molecule has 0 fully saturated rings. The van der Waals surface area contributed by atoms with Crippen molar-refractivity contribution < 1.29 is 28.2 Å². The molecular weight excluding hydrogens is 461 g/mol. The molecule has 1 heterocycles. The third-order valence-corrected chi connectivity index (χ3v) is 4.98. The maximum absolute atomic E-state index is 13.2. The highest BCUT2D eigenvalue weighted by molar-refractivity contribution is 5.96. The number of nitrogens with one attached hydrogen (secondary N) is 1. The molecule has 0 aliphatic carbocycles. The number of aliphatic hydroxyl groups excluding tert-OH is 1. The fourth-order valence-electron chi connectivity index (χ4n) is 3.17. The number of anilines is 1. The van der Waals surface area contributed by atoms with Crippen LogP contribution in [-0.2, 0) is 17.5 Å². The van der Waals surface area contributed by atoms with Crippen LogP contribution in [0, 0.1) is 23.2 Å². The second kappa shape index (κ2) is 10.4. The van der Waals surface area contributed by atoms with E-state index in [1.807, 2.05) is 24.3 Å². The molecule has 0 unspecified atom stereocenters. The Bertz CT molecular complexity index is 1310. The molecule has 0 radical (unpaired) electrons. The number of nitrogens with zero attached hydrogens (tertiary/aromatic N) is 3. The Hall–Kier alpha value is -4.12. The molecular formula is C25H21F3N4O3. The second-order valence-electron chi connectivity index (χ2n) is 7.88. The van der Waals surface area contributed by atoms with Crippen LogP contribution in [0.4, 0.5) is 18.9 Å². The van der Waals surface area contributed by atoms with Crippen LogP contribution in [0.15, 0.2) is 54.9 Å². The van der Waals surface area contributed by atoms with Crippen molar-refractivity contribution in [2.45, 2.75) is 31.7 Å². The lowest BCUT2D eigenvalue weighted by atomic mass is 10.0. The topological polar surface area (TPSA) is 111 Å². The van der Waals surface area contributed by atoms with Gasteiger partial charge in [-0.3, -0.25) is 9.48 Å². The minimum absolute atomic E-state index is 0.00582. The van der Waals surface area contributed by atoms with E-state index in [9.17, 15) is 23.1 Å². The Morgan fingerprint density at radius 1 is 1.17 bits per heavy atom. The van der Waals surface area contributed by atoms with Crippen molar-refractivity contribution in [3.63, 3.8) is 0 Å². The number of amides is 1. The summed E-state index contributed by atoms with van der Waals surface area (Å²) < 4.78 is 40.9. The number of rotatable bonds is 6. The summed E-state index contributed by atoms with van der Waals surface area (Å²) in [5.41, 5.74) is -1.63. The van der Waals surface area contributed by atoms with Crippen molar-refractivity contribution in [2.75, 3.05) is 11.9 Å². The van der Waals surface area contributed by atoms with Gasteiger partial charge in [-0.15, -0.1) is 0 Å². The van der Waals surface area contributed by atoms with Crippen molar-refractivity contribution in [1.82, 2.24) is 9.78 Å². The summed E-state index contributed by atoms with van der Waals surface area (Å²) >= 11 is 0. The van der Waals surface area contributed by atoms with E-state index in [2.05, 4.69) is 22.3 Å². The highest BCUT2D eigenvalue weighted by Crippen LogP contribution is 2.33. The van der Waals surface area contributed by atoms with Crippen molar-refractivity contribution in [1.29, 1.82) is 5.26 Å². The monoisotopic (exact) mass is 482 g/mol. The lowest BCUT2D eigenvalue weighted by molar-refractivity contribution is -0.138. The smallest absolute Gasteiger partial charge is 0.395 e. The highest BCUT2D eigenvalue weighted by Gasteiger charge is 2.35. The molecule has 3 aromatic rings. The Morgan fingerprint density at radius 2 is 1.89 bits per heavy atom. The Kier molecular flexibility index (Phi) is 7.60. The SMILES string of the molecule is C[C@](O)(Cn1cc(-c2ccc(C#CCCO)cc2)cn1)C(=O)Nc1ccc(C#N)c(C(F)(F)F)c1. The number of aromatic nitrogens is 2. The van der Waals surface area contributed by atoms with E-state index < -0.39 is 28.8 Å². The van der Waals surface area contributed by atoms with Crippen LogP contribution in [0.1, 0.15) is 30.0 Å². The first-order valence-electron chi connectivity index (χ1n) is 10.4. The van der Waals surface area contributed by atoms with Gasteiger partial charge in [0.2, 0.25) is 0 Å². The quantitative estimate of drug-likeness (QED) is 0.466. The van der Waals surface area contributed by atoms with Gasteiger partial charge in [0.15, 0.2) is 5.60 Å². The number of alkyl halides is 3. The predicted molar refractivity (Wildman–Crippen MR) is 122 cm³/mol. The summed E-state index contributed by atoms with van der Waals surface area (Å²) in [5.74, 6) is 4.82. The lowest BCUT2D eigenvalue weighted by Gasteiger charge is -2.22. The van der Waals surface area contributed by atoms with Gasteiger partial charge in [-0.25, -0.2) is 0 Å². The number of aliphatic hydroxyl groups is 2. The van der Waals surface area contributed by atoms with Gasteiger partial charge >= 0.3 is 6.18 Å². The van der Waals surface area contributed by atoms with Crippen molar-refractivity contribution in [2.24, 2.45) is 0 Å². The zero-order chi connectivity index (χ0) is 25.6. The first-order valence-corrected chi connectivity index (χ1v) is 10.4. The van der Waals surface area contributed by atoms with Gasteiger partial charge in [0.05, 0.1) is 36.5 Å². The van der Waals surface area contributed by atoms with E-state index in [0.717, 1.165) is 28.8 Å². The molecule has 0 saturated carbocycles. The summed E-state index contributed by atoms with van der Waals surface area (Å²) in [6.45, 7) is 0.956. The van der Waals surface area contributed by atoms with Gasteiger partial charge in [-0.05, 0) is 42.8 Å². The van der Waals surface area contributed by atoms with E-state index in [-0.39, 0.29) is 18.8 Å². The van der Waals surface area contributed by atoms with Crippen LogP contribution < -0.4 is 5.32 Å². The number of carbonyl (C=O) groups is 1. The molecule has 1 amide bonds. The molecule has 0 aliphatic rings. The van der Waals surface area contributed by atoms with Crippen LogP contribution in [0.2, 0.25) is 0 Å². The average molecular weight is 482 g/mol. The number of nitriles is 1. The van der Waals surface area contributed by atoms with Crippen molar-refractivity contribution in [3.8, 4) is 29.0 Å². The number of benzene rings is 2. The summed E-state index contributed by atoms with van der Waals surface area (Å²) in [4.78, 5) is 12.6. The van der Waals surface area contributed by atoms with Crippen LogP contribution in [0.25, 0.3) is 11.1 Å². The van der Waals surface area contributed by atoms with Crippen LogP contribution in [0.3, 0.4) is 0 Å². The predicted octanol–water partition coefficient (Wildman–Crippen LogP) is 3.56. The Labute approximate surface area is 199 Å². The molecule has 0 spiro atoms. The zero-order valence-electron chi connectivity index (χ0n) is 18.6. The molecule has 1 atom stereocenters. The van der Waals surface area contributed by atoms with Gasteiger partial charge in [-0.1, -0.05) is 24.0 Å². The third kappa shape index (κ3) is 6.48. The third-order valence-electron chi connectivity index (χ3n) is 4.98. The fourth-order valence-corrected chi connectivity index (χ4v) is 3.17. The fraction of sp³-hybridized carbons (Fsp3) is 0.240. The van der Waals surface area contributed by atoms with E-state index in [0.29, 0.717) is 12.5 Å². The van der Waals surface area contributed by atoms with E-state index in [1.165, 1.54) is 17.7 Å². The number of carbonyl (C=O) groups excluding carboxylic acids is 1. The lowest BCUT2D eigenvalue weighted by Crippen LogP contribution is -2.43. The van der Waals surface area contributed by atoms with E-state index in [1.54, 1.807) is 12.4 Å². The van der Waals surface area contributed by atoms with Gasteiger partial charge < -0.3 is 15.5 Å². The van der Waals surface area contributed by atoms with Gasteiger partial charge in [0.1, 0.15) is 0 Å². The largest absolute Gasteiger partial charge is 0.417 e. The maximum Gasteiger partial charge on any atom is 0.417 e. The van der Waals surface area contributed by atoms with E-state index in [4.69, 9.17) is 10.4 Å². The molecule has 1 aromatic heterocycles. The molecule has 10 heteroatoms. The summed E-state index contributed by atoms with van der Waals surface area (Å²) in [5, 5.41) is 34.8. The molecule has 3 rings (SSSR count). The first-order chi connectivity index (χ1) is 16.5. The van der Waals surface area contributed by atoms with Gasteiger partial charge in [0.25, 0.3) is 5.91 Å². The minimum Gasteiger partial charge on any atom is -0.395 e. The van der Waals surface area contributed by atoms with Crippen LogP contribution in [0.5, 0.6) is 0 Å². The first kappa shape index (κ1) is 25.5. The maximum atomic E-state index is 13.2. The Morgan fingerprint density at radius 3 is 2.51 bits per heavy atom. The van der Waals surface area contributed by atoms with Gasteiger partial charge in [-0.2, -0.15) is 23.5 Å².